The van der Waals surface area contributed by atoms with Gasteiger partial charge < -0.3 is 0 Å². The average Bonchev–Trinajstić information content (AvgIpc) is 1.81. The van der Waals surface area contributed by atoms with Gasteiger partial charge in [-0.25, -0.2) is 0 Å². The van der Waals surface area contributed by atoms with Gasteiger partial charge in [-0.2, -0.15) is 0 Å². The Morgan fingerprint density at radius 1 is 1.38 bits per heavy atom. The maximum absolute atomic E-state index is 5.39. The van der Waals surface area contributed by atoms with E-state index >= 15 is 0 Å². The molecule has 0 fully saturated rings. The molecule has 0 nitrogen and oxygen atoms in total. The predicted octanol–water partition coefficient (Wildman–Crippen LogP) is 2.97. The van der Waals surface area contributed by atoms with Crippen molar-refractivity contribution in [3.05, 3.63) is 12.2 Å². The summed E-state index contributed by atoms with van der Waals surface area (Å²) in [5.41, 5.74) is 0. The first-order valence-corrected chi connectivity index (χ1v) is 3.66. The van der Waals surface area contributed by atoms with Crippen molar-refractivity contribution in [3.63, 3.8) is 0 Å². The van der Waals surface area contributed by atoms with Gasteiger partial charge in [0.15, 0.2) is 0 Å². The van der Waals surface area contributed by atoms with Crippen molar-refractivity contribution in [2.45, 2.75) is 26.2 Å². The highest BCUT2D eigenvalue weighted by atomic mass is 35.5. The summed E-state index contributed by atoms with van der Waals surface area (Å²) >= 11 is 5.39. The molecular formula is C7H13Cl. The summed E-state index contributed by atoms with van der Waals surface area (Å²) in [6, 6.07) is 0. The van der Waals surface area contributed by atoms with E-state index in [-0.39, 0.29) is 0 Å². The minimum Gasteiger partial charge on any atom is -0.122 e. The van der Waals surface area contributed by atoms with Gasteiger partial charge in [-0.1, -0.05) is 31.9 Å². The van der Waals surface area contributed by atoms with Crippen molar-refractivity contribution in [2.24, 2.45) is 0 Å². The Morgan fingerprint density at radius 2 is 2.12 bits per heavy atom. The zero-order valence-corrected chi connectivity index (χ0v) is 6.12. The van der Waals surface area contributed by atoms with Crippen LogP contribution in [0, 0.1) is 0 Å². The zero-order valence-electron chi connectivity index (χ0n) is 5.36. The highest BCUT2D eigenvalue weighted by molar-refractivity contribution is 6.18. The maximum Gasteiger partial charge on any atom is 0.0404 e. The SMILES string of the molecule is CCCC/C=C\CCl. The van der Waals surface area contributed by atoms with Gasteiger partial charge in [0.2, 0.25) is 0 Å². The normalized spacial score (nSPS) is 10.8. The third-order valence-electron chi connectivity index (χ3n) is 0.980. The molecule has 0 aliphatic rings. The minimum atomic E-state index is 0.656. The van der Waals surface area contributed by atoms with Crippen LogP contribution in [-0.4, -0.2) is 5.88 Å². The zero-order chi connectivity index (χ0) is 6.24. The number of hydrogen-bond donors (Lipinski definition) is 0. The first kappa shape index (κ1) is 8.03. The molecule has 48 valence electrons. The Balaban J connectivity index is 2.80. The molecule has 1 heteroatoms. The maximum atomic E-state index is 5.39. The molecule has 0 atom stereocenters. The van der Waals surface area contributed by atoms with Crippen LogP contribution in [0.25, 0.3) is 0 Å². The number of unbranched alkanes of at least 4 members (excludes halogenated alkanes) is 2. The van der Waals surface area contributed by atoms with E-state index in [0.29, 0.717) is 5.88 Å². The van der Waals surface area contributed by atoms with E-state index in [4.69, 9.17) is 11.6 Å². The van der Waals surface area contributed by atoms with Crippen LogP contribution in [-0.2, 0) is 0 Å². The van der Waals surface area contributed by atoms with Crippen LogP contribution in [0.15, 0.2) is 12.2 Å². The fourth-order valence-electron chi connectivity index (χ4n) is 0.503. The van der Waals surface area contributed by atoms with Gasteiger partial charge in [0.25, 0.3) is 0 Å². The van der Waals surface area contributed by atoms with Crippen LogP contribution >= 0.6 is 11.6 Å². The van der Waals surface area contributed by atoms with Crippen LogP contribution in [0.2, 0.25) is 0 Å². The van der Waals surface area contributed by atoms with E-state index in [0.717, 1.165) is 0 Å². The lowest BCUT2D eigenvalue weighted by molar-refractivity contribution is 0.814. The lowest BCUT2D eigenvalue weighted by atomic mass is 10.2. The summed E-state index contributed by atoms with van der Waals surface area (Å²) in [6.07, 6.45) is 7.87. The molecular weight excluding hydrogens is 120 g/mol. The summed E-state index contributed by atoms with van der Waals surface area (Å²) in [6.45, 7) is 2.19. The lowest BCUT2D eigenvalue weighted by Gasteiger charge is -1.85. The summed E-state index contributed by atoms with van der Waals surface area (Å²) in [5.74, 6) is 0.656. The molecule has 8 heavy (non-hydrogen) atoms. The molecule has 0 aromatic carbocycles. The third kappa shape index (κ3) is 6.03. The quantitative estimate of drug-likeness (QED) is 0.314. The molecule has 0 aromatic rings. The largest absolute Gasteiger partial charge is 0.122 e. The van der Waals surface area contributed by atoms with Crippen LogP contribution in [0.1, 0.15) is 26.2 Å². The summed E-state index contributed by atoms with van der Waals surface area (Å²) in [7, 11) is 0. The molecule has 0 unspecified atom stereocenters. The van der Waals surface area contributed by atoms with Crippen LogP contribution in [0.4, 0.5) is 0 Å². The van der Waals surface area contributed by atoms with Crippen molar-refractivity contribution in [3.8, 4) is 0 Å². The molecule has 0 spiro atoms. The van der Waals surface area contributed by atoms with Crippen molar-refractivity contribution in [2.75, 3.05) is 5.88 Å². The molecule has 0 bridgehead atoms. The number of hydrogen-bond acceptors (Lipinski definition) is 0. The molecule has 0 N–H and O–H groups in total. The Labute approximate surface area is 56.5 Å². The topological polar surface area (TPSA) is 0 Å². The van der Waals surface area contributed by atoms with E-state index in [2.05, 4.69) is 13.0 Å². The molecule has 0 radical (unpaired) electrons. The van der Waals surface area contributed by atoms with Gasteiger partial charge in [-0.05, 0) is 6.42 Å². The van der Waals surface area contributed by atoms with Gasteiger partial charge in [-0.15, -0.1) is 11.6 Å². The molecule has 0 amide bonds. The van der Waals surface area contributed by atoms with E-state index in [1.165, 1.54) is 19.3 Å². The minimum absolute atomic E-state index is 0.656. The summed E-state index contributed by atoms with van der Waals surface area (Å²) in [5, 5.41) is 0. The molecule has 0 rings (SSSR count). The molecule has 0 aromatic heterocycles. The van der Waals surface area contributed by atoms with E-state index in [1.54, 1.807) is 0 Å². The van der Waals surface area contributed by atoms with Crippen molar-refractivity contribution < 1.29 is 0 Å². The third-order valence-corrected chi connectivity index (χ3v) is 1.16. The monoisotopic (exact) mass is 132 g/mol. The van der Waals surface area contributed by atoms with Crippen molar-refractivity contribution in [1.82, 2.24) is 0 Å². The smallest absolute Gasteiger partial charge is 0.0404 e. The molecule has 0 heterocycles. The fraction of sp³-hybridized carbons (Fsp3) is 0.714. The lowest BCUT2D eigenvalue weighted by Crippen LogP contribution is -1.66. The molecule has 0 saturated heterocycles. The highest BCUT2D eigenvalue weighted by Gasteiger charge is 1.75. The van der Waals surface area contributed by atoms with E-state index in [1.807, 2.05) is 6.08 Å². The summed E-state index contributed by atoms with van der Waals surface area (Å²) < 4.78 is 0. The first-order chi connectivity index (χ1) is 3.91. The van der Waals surface area contributed by atoms with Crippen molar-refractivity contribution in [1.29, 1.82) is 0 Å². The highest BCUT2D eigenvalue weighted by Crippen LogP contribution is 1.94. The Morgan fingerprint density at radius 3 is 2.62 bits per heavy atom. The first-order valence-electron chi connectivity index (χ1n) is 3.12. The second-order valence-electron chi connectivity index (χ2n) is 1.77. The fourth-order valence-corrected chi connectivity index (χ4v) is 0.629. The van der Waals surface area contributed by atoms with Crippen molar-refractivity contribution >= 4 is 11.6 Å². The average molecular weight is 133 g/mol. The standard InChI is InChI=1S/C7H13Cl/c1-2-3-4-5-6-7-8/h5-6H,2-4,7H2,1H3/b6-5-. The predicted molar refractivity (Wildman–Crippen MR) is 39.4 cm³/mol. The second-order valence-corrected chi connectivity index (χ2v) is 2.08. The van der Waals surface area contributed by atoms with E-state index < -0.39 is 0 Å². The number of alkyl halides is 1. The van der Waals surface area contributed by atoms with Gasteiger partial charge in [-0.3, -0.25) is 0 Å². The van der Waals surface area contributed by atoms with E-state index in [9.17, 15) is 0 Å². The van der Waals surface area contributed by atoms with Gasteiger partial charge >= 0.3 is 0 Å². The van der Waals surface area contributed by atoms with Crippen LogP contribution in [0.5, 0.6) is 0 Å². The Bertz CT molecular complexity index is 57.4. The summed E-state index contributed by atoms with van der Waals surface area (Å²) in [4.78, 5) is 0. The van der Waals surface area contributed by atoms with Gasteiger partial charge in [0.05, 0.1) is 0 Å². The number of halogens is 1. The Hall–Kier alpha value is 0.0300. The molecule has 0 saturated carbocycles. The second kappa shape index (κ2) is 7.03. The molecule has 0 aliphatic carbocycles. The Kier molecular flexibility index (Phi) is 7.06. The van der Waals surface area contributed by atoms with Crippen LogP contribution in [0.3, 0.4) is 0 Å². The van der Waals surface area contributed by atoms with Gasteiger partial charge in [0.1, 0.15) is 0 Å². The number of rotatable bonds is 4. The number of allylic oxidation sites excluding steroid dienone is 2. The molecule has 0 aliphatic heterocycles. The van der Waals surface area contributed by atoms with Crippen LogP contribution < -0.4 is 0 Å². The van der Waals surface area contributed by atoms with Gasteiger partial charge in [0, 0.05) is 5.88 Å².